The number of ether oxygens (including phenoxy) is 2. The van der Waals surface area contributed by atoms with E-state index in [0.717, 1.165) is 0 Å². The molecule has 0 saturated carbocycles. The number of hydrogen-bond acceptors (Lipinski definition) is 5. The Morgan fingerprint density at radius 3 is 2.11 bits per heavy atom. The molecule has 35 heavy (non-hydrogen) atoms. The fourth-order valence-corrected chi connectivity index (χ4v) is 4.17. The molecule has 0 bridgehead atoms. The molecule has 1 amide bonds. The summed E-state index contributed by atoms with van der Waals surface area (Å²) in [6.07, 6.45) is -0.00110. The maximum Gasteiger partial charge on any atom is 0.300 e. The molecule has 3 aromatic carbocycles. The minimum absolute atomic E-state index is 0.00110. The number of carbonyl (C=O) groups is 2. The highest BCUT2D eigenvalue weighted by Gasteiger charge is 2.47. The van der Waals surface area contributed by atoms with Crippen molar-refractivity contribution < 1.29 is 24.2 Å². The normalized spacial score (nSPS) is 17.2. The van der Waals surface area contributed by atoms with Gasteiger partial charge in [0.2, 0.25) is 0 Å². The van der Waals surface area contributed by atoms with Crippen LogP contribution in [0.15, 0.2) is 78.4 Å². The lowest BCUT2D eigenvalue weighted by atomic mass is 9.95. The van der Waals surface area contributed by atoms with Crippen LogP contribution < -0.4 is 14.4 Å². The van der Waals surface area contributed by atoms with Crippen molar-refractivity contribution in [3.63, 3.8) is 0 Å². The van der Waals surface area contributed by atoms with Crippen LogP contribution in [-0.4, -0.2) is 29.5 Å². The molecule has 1 unspecified atom stereocenters. The van der Waals surface area contributed by atoms with Gasteiger partial charge in [0.1, 0.15) is 17.3 Å². The lowest BCUT2D eigenvalue weighted by Crippen LogP contribution is -2.29. The van der Waals surface area contributed by atoms with Crippen LogP contribution in [0.4, 0.5) is 5.69 Å². The van der Waals surface area contributed by atoms with E-state index in [4.69, 9.17) is 21.1 Å². The lowest BCUT2D eigenvalue weighted by molar-refractivity contribution is -0.132. The molecule has 1 fully saturated rings. The molecule has 4 rings (SSSR count). The molecule has 7 heteroatoms. The summed E-state index contributed by atoms with van der Waals surface area (Å²) in [6.45, 7) is 6.24. The van der Waals surface area contributed by atoms with Gasteiger partial charge in [-0.25, -0.2) is 0 Å². The number of Topliss-reactive ketones (excluding diaryl/α,β-unsaturated/α-hetero) is 1. The van der Waals surface area contributed by atoms with Crippen LogP contribution in [0.5, 0.6) is 11.5 Å². The number of amides is 1. The third-order valence-electron chi connectivity index (χ3n) is 5.56. The lowest BCUT2D eigenvalue weighted by Gasteiger charge is -2.25. The van der Waals surface area contributed by atoms with E-state index in [0.29, 0.717) is 39.9 Å². The van der Waals surface area contributed by atoms with Gasteiger partial charge in [-0.3, -0.25) is 14.5 Å². The first-order valence-corrected chi connectivity index (χ1v) is 11.7. The number of ketones is 1. The summed E-state index contributed by atoms with van der Waals surface area (Å²) < 4.78 is 11.2. The van der Waals surface area contributed by atoms with Gasteiger partial charge >= 0.3 is 0 Å². The molecule has 1 atom stereocenters. The number of halogens is 1. The minimum atomic E-state index is -0.835. The summed E-state index contributed by atoms with van der Waals surface area (Å²) in [4.78, 5) is 27.9. The van der Waals surface area contributed by atoms with Crippen LogP contribution in [0.1, 0.15) is 37.9 Å². The van der Waals surface area contributed by atoms with Crippen molar-refractivity contribution in [2.24, 2.45) is 0 Å². The number of anilines is 1. The van der Waals surface area contributed by atoms with Crippen LogP contribution in [0, 0.1) is 0 Å². The molecule has 0 spiro atoms. The number of benzene rings is 3. The minimum Gasteiger partial charge on any atom is -0.507 e. The molecule has 1 aliphatic rings. The average molecular weight is 492 g/mol. The van der Waals surface area contributed by atoms with Crippen molar-refractivity contribution in [1.29, 1.82) is 0 Å². The van der Waals surface area contributed by atoms with Crippen LogP contribution in [0.2, 0.25) is 5.02 Å². The number of aliphatic hydroxyl groups excluding tert-OH is 1. The van der Waals surface area contributed by atoms with Crippen molar-refractivity contribution in [2.75, 3.05) is 11.5 Å². The fraction of sp³-hybridized carbons (Fsp3) is 0.214. The molecule has 0 radical (unpaired) electrons. The van der Waals surface area contributed by atoms with Crippen molar-refractivity contribution in [2.45, 2.75) is 32.9 Å². The monoisotopic (exact) mass is 491 g/mol. The van der Waals surface area contributed by atoms with Crippen molar-refractivity contribution in [3.8, 4) is 11.5 Å². The Morgan fingerprint density at radius 1 is 0.943 bits per heavy atom. The predicted molar refractivity (Wildman–Crippen MR) is 136 cm³/mol. The highest BCUT2D eigenvalue weighted by Crippen LogP contribution is 2.42. The number of rotatable bonds is 7. The molecule has 180 valence electrons. The second-order valence-corrected chi connectivity index (χ2v) is 8.77. The van der Waals surface area contributed by atoms with Gasteiger partial charge in [0.15, 0.2) is 0 Å². The number of hydrogen-bond donors (Lipinski definition) is 1. The van der Waals surface area contributed by atoms with Gasteiger partial charge in [0, 0.05) is 16.3 Å². The zero-order chi connectivity index (χ0) is 25.1. The Morgan fingerprint density at radius 2 is 1.54 bits per heavy atom. The van der Waals surface area contributed by atoms with Gasteiger partial charge in [-0.2, -0.15) is 0 Å². The Hall–Kier alpha value is -3.77. The van der Waals surface area contributed by atoms with E-state index in [1.807, 2.05) is 20.8 Å². The Labute approximate surface area is 209 Å². The Balaban J connectivity index is 1.84. The zero-order valence-corrected chi connectivity index (χ0v) is 20.5. The number of nitrogens with zero attached hydrogens (tertiary/aromatic N) is 1. The maximum atomic E-state index is 13.3. The second-order valence-electron chi connectivity index (χ2n) is 8.34. The van der Waals surface area contributed by atoms with Crippen molar-refractivity contribution in [3.05, 3.63) is 94.5 Å². The summed E-state index contributed by atoms with van der Waals surface area (Å²) in [5, 5.41) is 11.8. The molecule has 1 heterocycles. The summed E-state index contributed by atoms with van der Waals surface area (Å²) >= 11 is 6.04. The van der Waals surface area contributed by atoms with E-state index >= 15 is 0 Å². The molecular weight excluding hydrogens is 466 g/mol. The van der Waals surface area contributed by atoms with E-state index in [1.54, 1.807) is 72.8 Å². The predicted octanol–water partition coefficient (Wildman–Crippen LogP) is 6.15. The van der Waals surface area contributed by atoms with Gasteiger partial charge in [-0.1, -0.05) is 23.7 Å². The SMILES string of the molecule is CCOc1ccc(C2/C(=C(\O)c3ccc(OC(C)C)cc3)C(=O)C(=O)N2c2ccc(Cl)cc2)cc1. The first-order chi connectivity index (χ1) is 16.8. The Bertz CT molecular complexity index is 1250. The molecule has 1 N–H and O–H groups in total. The van der Waals surface area contributed by atoms with E-state index in [-0.39, 0.29) is 17.4 Å². The summed E-state index contributed by atoms with van der Waals surface area (Å²) in [7, 11) is 0. The molecule has 1 aliphatic heterocycles. The fourth-order valence-electron chi connectivity index (χ4n) is 4.05. The molecular formula is C28H26ClNO5. The van der Waals surface area contributed by atoms with Crippen LogP contribution >= 0.6 is 11.6 Å². The average Bonchev–Trinajstić information content (AvgIpc) is 3.10. The van der Waals surface area contributed by atoms with Crippen molar-refractivity contribution >= 4 is 34.7 Å². The molecule has 0 aliphatic carbocycles. The van der Waals surface area contributed by atoms with Crippen molar-refractivity contribution in [1.82, 2.24) is 0 Å². The highest BCUT2D eigenvalue weighted by molar-refractivity contribution is 6.51. The third-order valence-corrected chi connectivity index (χ3v) is 5.81. The quantitative estimate of drug-likeness (QED) is 0.243. The first-order valence-electron chi connectivity index (χ1n) is 11.4. The van der Waals surface area contributed by atoms with Gasteiger partial charge in [-0.05, 0) is 87.0 Å². The van der Waals surface area contributed by atoms with Crippen LogP contribution in [-0.2, 0) is 9.59 Å². The summed E-state index contributed by atoms with van der Waals surface area (Å²) in [6, 6.07) is 19.7. The van der Waals surface area contributed by atoms with Crippen LogP contribution in [0.3, 0.4) is 0 Å². The smallest absolute Gasteiger partial charge is 0.300 e. The molecule has 1 saturated heterocycles. The van der Waals surface area contributed by atoms with Gasteiger partial charge in [0.25, 0.3) is 11.7 Å². The number of carbonyl (C=O) groups excluding carboxylic acids is 2. The van der Waals surface area contributed by atoms with E-state index < -0.39 is 17.7 Å². The molecule has 0 aromatic heterocycles. The van der Waals surface area contributed by atoms with Gasteiger partial charge < -0.3 is 14.6 Å². The van der Waals surface area contributed by atoms with Gasteiger partial charge in [-0.15, -0.1) is 0 Å². The van der Waals surface area contributed by atoms with Gasteiger partial charge in [0.05, 0.1) is 24.3 Å². The molecule has 3 aromatic rings. The highest BCUT2D eigenvalue weighted by atomic mass is 35.5. The standard InChI is InChI=1S/C28H26ClNO5/c1-4-34-22-13-5-18(6-14-22)25-24(26(31)19-7-15-23(16-8-19)35-17(2)3)27(32)28(33)30(25)21-11-9-20(29)10-12-21/h5-17,25,31H,4H2,1-3H3/b26-24+. The summed E-state index contributed by atoms with van der Waals surface area (Å²) in [5.74, 6) is -0.442. The first kappa shape index (κ1) is 24.4. The zero-order valence-electron chi connectivity index (χ0n) is 19.7. The Kier molecular flexibility index (Phi) is 7.12. The number of aliphatic hydroxyl groups is 1. The van der Waals surface area contributed by atoms with E-state index in [9.17, 15) is 14.7 Å². The maximum absolute atomic E-state index is 13.3. The second kappa shape index (κ2) is 10.2. The van der Waals surface area contributed by atoms with Crippen LogP contribution in [0.25, 0.3) is 5.76 Å². The third kappa shape index (κ3) is 5.03. The van der Waals surface area contributed by atoms with E-state index in [1.165, 1.54) is 4.90 Å². The molecule has 6 nitrogen and oxygen atoms in total. The van der Waals surface area contributed by atoms with E-state index in [2.05, 4.69) is 0 Å². The largest absolute Gasteiger partial charge is 0.507 e. The topological polar surface area (TPSA) is 76.1 Å². The summed E-state index contributed by atoms with van der Waals surface area (Å²) in [5.41, 5.74) is 1.57.